The first-order chi connectivity index (χ1) is 7.12. The summed E-state index contributed by atoms with van der Waals surface area (Å²) in [5, 5.41) is 0. The van der Waals surface area contributed by atoms with E-state index in [1.54, 1.807) is 0 Å². The van der Waals surface area contributed by atoms with Gasteiger partial charge in [-0.2, -0.15) is 0 Å². The molecule has 0 N–H and O–H groups in total. The van der Waals surface area contributed by atoms with E-state index in [0.29, 0.717) is 5.41 Å². The third-order valence-electron chi connectivity index (χ3n) is 3.11. The van der Waals surface area contributed by atoms with Crippen molar-refractivity contribution >= 4 is 0 Å². The summed E-state index contributed by atoms with van der Waals surface area (Å²) in [6.07, 6.45) is 15.6. The molecule has 90 valence electrons. The molecule has 0 rings (SSSR count). The quantitative estimate of drug-likeness (QED) is 0.337. The van der Waals surface area contributed by atoms with Crippen LogP contribution in [-0.4, -0.2) is 0 Å². The van der Waals surface area contributed by atoms with E-state index < -0.39 is 0 Å². The van der Waals surface area contributed by atoms with Gasteiger partial charge in [-0.15, -0.1) is 0 Å². The lowest BCUT2D eigenvalue weighted by atomic mass is 9.83. The molecule has 0 unspecified atom stereocenters. The molecule has 0 aromatic heterocycles. The molecule has 0 atom stereocenters. The van der Waals surface area contributed by atoms with E-state index in [0.717, 1.165) is 0 Å². The molecule has 0 radical (unpaired) electrons. The third kappa shape index (κ3) is 10.0. The van der Waals surface area contributed by atoms with Gasteiger partial charge in [-0.05, 0) is 25.2 Å². The molecule has 0 nitrogen and oxygen atoms in total. The van der Waals surface area contributed by atoms with E-state index in [-0.39, 0.29) is 0 Å². The molecular weight excluding hydrogens is 180 g/mol. The van der Waals surface area contributed by atoms with E-state index in [1.165, 1.54) is 51.4 Å². The minimum Gasteiger partial charge on any atom is -0.0916 e. The minimum absolute atomic E-state index is 0.511. The van der Waals surface area contributed by atoms with Gasteiger partial charge in [0.1, 0.15) is 0 Å². The highest BCUT2D eigenvalue weighted by molar-refractivity contribution is 4.84. The lowest BCUT2D eigenvalue weighted by Crippen LogP contribution is -2.09. The van der Waals surface area contributed by atoms with E-state index in [9.17, 15) is 0 Å². The van der Waals surface area contributed by atoms with Gasteiger partial charge in [0.25, 0.3) is 0 Å². The second kappa shape index (κ2) is 9.00. The van der Waals surface area contributed by atoms with E-state index in [1.807, 2.05) is 0 Å². The van der Waals surface area contributed by atoms with Gasteiger partial charge in [0.2, 0.25) is 0 Å². The predicted molar refractivity (Wildman–Crippen MR) is 71.2 cm³/mol. The van der Waals surface area contributed by atoms with Crippen LogP contribution in [0, 0.1) is 5.41 Å². The fourth-order valence-electron chi connectivity index (χ4n) is 1.92. The highest BCUT2D eigenvalue weighted by Gasteiger charge is 2.14. The van der Waals surface area contributed by atoms with E-state index in [2.05, 4.69) is 39.8 Å². The summed E-state index contributed by atoms with van der Waals surface area (Å²) in [5.74, 6) is 0. The van der Waals surface area contributed by atoms with Gasteiger partial charge < -0.3 is 0 Å². The topological polar surface area (TPSA) is 0 Å². The molecule has 0 amide bonds. The fourth-order valence-corrected chi connectivity index (χ4v) is 1.92. The molecule has 0 saturated carbocycles. The van der Waals surface area contributed by atoms with Gasteiger partial charge in [0.05, 0.1) is 0 Å². The molecule has 0 spiro atoms. The summed E-state index contributed by atoms with van der Waals surface area (Å²) in [5.41, 5.74) is 0.511. The van der Waals surface area contributed by atoms with Crippen LogP contribution in [0.15, 0.2) is 12.2 Å². The first kappa shape index (κ1) is 14.7. The van der Waals surface area contributed by atoms with Crippen molar-refractivity contribution in [2.24, 2.45) is 5.41 Å². The van der Waals surface area contributed by atoms with Gasteiger partial charge in [-0.1, -0.05) is 71.4 Å². The Balaban J connectivity index is 3.40. The van der Waals surface area contributed by atoms with Crippen molar-refractivity contribution in [3.63, 3.8) is 0 Å². The number of unbranched alkanes of at least 4 members (excludes halogenated alkanes) is 5. The van der Waals surface area contributed by atoms with Crippen molar-refractivity contribution in [1.29, 1.82) is 0 Å². The highest BCUT2D eigenvalue weighted by Crippen LogP contribution is 2.28. The van der Waals surface area contributed by atoms with Crippen molar-refractivity contribution in [3.8, 4) is 0 Å². The SMILES string of the molecule is C/C=C/CC(C)(C)CCCCCCCC. The van der Waals surface area contributed by atoms with Crippen LogP contribution in [0.4, 0.5) is 0 Å². The molecule has 0 aliphatic heterocycles. The Bertz CT molecular complexity index is 153. The van der Waals surface area contributed by atoms with Gasteiger partial charge >= 0.3 is 0 Å². The maximum absolute atomic E-state index is 2.39. The Hall–Kier alpha value is -0.260. The Morgan fingerprint density at radius 2 is 1.53 bits per heavy atom. The van der Waals surface area contributed by atoms with Crippen LogP contribution in [0.25, 0.3) is 0 Å². The predicted octanol–water partition coefficient (Wildman–Crippen LogP) is 5.73. The molecule has 0 heterocycles. The van der Waals surface area contributed by atoms with Crippen molar-refractivity contribution in [2.45, 2.75) is 79.1 Å². The van der Waals surface area contributed by atoms with E-state index in [4.69, 9.17) is 0 Å². The van der Waals surface area contributed by atoms with Crippen molar-refractivity contribution in [1.82, 2.24) is 0 Å². The maximum atomic E-state index is 2.39. The highest BCUT2D eigenvalue weighted by atomic mass is 14.2. The second-order valence-electron chi connectivity index (χ2n) is 5.46. The number of rotatable bonds is 9. The Labute approximate surface area is 97.2 Å². The van der Waals surface area contributed by atoms with Gasteiger partial charge in [0, 0.05) is 0 Å². The molecule has 0 aliphatic rings. The molecule has 0 saturated heterocycles. The molecular formula is C15H30. The largest absolute Gasteiger partial charge is 0.0916 e. The lowest BCUT2D eigenvalue weighted by molar-refractivity contribution is 0.323. The molecule has 15 heavy (non-hydrogen) atoms. The summed E-state index contributed by atoms with van der Waals surface area (Å²) in [7, 11) is 0. The average molecular weight is 210 g/mol. The van der Waals surface area contributed by atoms with Crippen LogP contribution in [0.1, 0.15) is 79.1 Å². The number of hydrogen-bond donors (Lipinski definition) is 0. The van der Waals surface area contributed by atoms with Crippen molar-refractivity contribution in [2.75, 3.05) is 0 Å². The zero-order valence-electron chi connectivity index (χ0n) is 11.3. The Morgan fingerprint density at radius 3 is 2.13 bits per heavy atom. The summed E-state index contributed by atoms with van der Waals surface area (Å²) < 4.78 is 0. The average Bonchev–Trinajstić information content (AvgIpc) is 2.20. The van der Waals surface area contributed by atoms with Crippen LogP contribution in [0.2, 0.25) is 0 Å². The van der Waals surface area contributed by atoms with Crippen LogP contribution in [0.3, 0.4) is 0 Å². The monoisotopic (exact) mass is 210 g/mol. The first-order valence-corrected chi connectivity index (χ1v) is 6.73. The molecule has 0 heteroatoms. The summed E-state index contributed by atoms with van der Waals surface area (Å²) in [6, 6.07) is 0. The zero-order valence-corrected chi connectivity index (χ0v) is 11.3. The lowest BCUT2D eigenvalue weighted by Gasteiger charge is -2.22. The van der Waals surface area contributed by atoms with Gasteiger partial charge in [-0.25, -0.2) is 0 Å². The summed E-state index contributed by atoms with van der Waals surface area (Å²) in [6.45, 7) is 9.17. The molecule has 0 aromatic rings. The standard InChI is InChI=1S/C15H30/c1-5-7-9-10-11-12-14-15(3,4)13-8-6-2/h6,8H,5,7,9-14H2,1-4H3/b8-6+. The molecule has 0 bridgehead atoms. The molecule has 0 fully saturated rings. The Morgan fingerprint density at radius 1 is 0.933 bits per heavy atom. The van der Waals surface area contributed by atoms with Crippen LogP contribution >= 0.6 is 0 Å². The van der Waals surface area contributed by atoms with Gasteiger partial charge in [0.15, 0.2) is 0 Å². The van der Waals surface area contributed by atoms with Crippen molar-refractivity contribution in [3.05, 3.63) is 12.2 Å². The maximum Gasteiger partial charge on any atom is -0.0299 e. The van der Waals surface area contributed by atoms with Crippen LogP contribution < -0.4 is 0 Å². The minimum atomic E-state index is 0.511. The zero-order chi connectivity index (χ0) is 11.6. The second-order valence-corrected chi connectivity index (χ2v) is 5.46. The molecule has 0 aliphatic carbocycles. The number of hydrogen-bond acceptors (Lipinski definition) is 0. The normalized spacial score (nSPS) is 12.5. The van der Waals surface area contributed by atoms with Crippen molar-refractivity contribution < 1.29 is 0 Å². The fraction of sp³-hybridized carbons (Fsp3) is 0.867. The summed E-state index contributed by atoms with van der Waals surface area (Å²) >= 11 is 0. The molecule has 0 aromatic carbocycles. The Kier molecular flexibility index (Phi) is 8.85. The van der Waals surface area contributed by atoms with Crippen LogP contribution in [-0.2, 0) is 0 Å². The third-order valence-corrected chi connectivity index (χ3v) is 3.11. The van der Waals surface area contributed by atoms with Gasteiger partial charge in [-0.3, -0.25) is 0 Å². The first-order valence-electron chi connectivity index (χ1n) is 6.73. The summed E-state index contributed by atoms with van der Waals surface area (Å²) in [4.78, 5) is 0. The van der Waals surface area contributed by atoms with E-state index >= 15 is 0 Å². The van der Waals surface area contributed by atoms with Crippen LogP contribution in [0.5, 0.6) is 0 Å². The smallest absolute Gasteiger partial charge is 0.0299 e. The number of allylic oxidation sites excluding steroid dienone is 2.